The molecule has 2 nitrogen and oxygen atoms in total. The van der Waals surface area contributed by atoms with Crippen molar-refractivity contribution >= 4 is 22.1 Å². The van der Waals surface area contributed by atoms with E-state index in [9.17, 15) is 5.21 Å². The predicted octanol–water partition coefficient (Wildman–Crippen LogP) is 3.18. The Kier molecular flexibility index (Phi) is 3.32. The summed E-state index contributed by atoms with van der Waals surface area (Å²) >= 11 is 3.35. The number of rotatable bonds is 1. The van der Waals surface area contributed by atoms with Crippen LogP contribution >= 0.6 is 15.9 Å². The van der Waals surface area contributed by atoms with Crippen molar-refractivity contribution in [3.8, 4) is 0 Å². The van der Waals surface area contributed by atoms with Gasteiger partial charge >= 0.3 is 0 Å². The highest BCUT2D eigenvalue weighted by Gasteiger charge is 2.17. The molecule has 0 aliphatic heterocycles. The number of nitrogens with zero attached hydrogens (tertiary/aromatic N) is 1. The fraction of sp³-hybridized carbons (Fsp3) is 0.364. The van der Waals surface area contributed by atoms with Crippen LogP contribution in [0.25, 0.3) is 0 Å². The van der Waals surface area contributed by atoms with Gasteiger partial charge in [0, 0.05) is 30.8 Å². The zero-order chi connectivity index (χ0) is 10.8. The molecule has 76 valence electrons. The second-order valence-electron chi connectivity index (χ2n) is 4.18. The number of benzene rings is 1. The van der Waals surface area contributed by atoms with Gasteiger partial charge in [-0.25, -0.2) is 4.74 Å². The van der Waals surface area contributed by atoms with E-state index in [4.69, 9.17) is 0 Å². The second kappa shape index (κ2) is 4.13. The number of hydroxylamine groups is 1. The summed E-state index contributed by atoms with van der Waals surface area (Å²) in [5, 5.41) is 11.6. The highest BCUT2D eigenvalue weighted by atomic mass is 79.9. The van der Waals surface area contributed by atoms with E-state index in [1.807, 2.05) is 45.0 Å². The van der Waals surface area contributed by atoms with Gasteiger partial charge in [-0.2, -0.15) is 0 Å². The highest BCUT2D eigenvalue weighted by Crippen LogP contribution is 2.10. The molecule has 0 fully saturated rings. The lowest BCUT2D eigenvalue weighted by atomic mass is 10.1. The molecule has 0 bridgehead atoms. The van der Waals surface area contributed by atoms with Gasteiger partial charge in [-0.05, 0) is 24.3 Å². The Bertz CT molecular complexity index is 335. The van der Waals surface area contributed by atoms with Crippen LogP contribution in [0.3, 0.4) is 0 Å². The summed E-state index contributed by atoms with van der Waals surface area (Å²) in [7, 11) is 0. The van der Waals surface area contributed by atoms with Crippen LogP contribution in [0.1, 0.15) is 26.3 Å². The third-order valence-electron chi connectivity index (χ3n) is 1.80. The standard InChI is InChI=1S/C11H14BrNO/c1-11(2,3)13(14)8-9-4-6-10(12)7-5-9/h4-8H,1-3H3/b13-8+. The summed E-state index contributed by atoms with van der Waals surface area (Å²) in [5.74, 6) is 0. The summed E-state index contributed by atoms with van der Waals surface area (Å²) in [6, 6.07) is 7.64. The van der Waals surface area contributed by atoms with E-state index in [0.717, 1.165) is 14.8 Å². The Balaban J connectivity index is 2.93. The molecule has 0 aliphatic carbocycles. The minimum Gasteiger partial charge on any atom is -0.623 e. The van der Waals surface area contributed by atoms with Crippen molar-refractivity contribution in [1.29, 1.82) is 0 Å². The molecule has 0 radical (unpaired) electrons. The third-order valence-corrected chi connectivity index (χ3v) is 2.33. The van der Waals surface area contributed by atoms with Crippen LogP contribution in [0.4, 0.5) is 0 Å². The van der Waals surface area contributed by atoms with E-state index in [2.05, 4.69) is 15.9 Å². The number of hydrogen-bond donors (Lipinski definition) is 0. The first-order chi connectivity index (χ1) is 6.39. The van der Waals surface area contributed by atoms with Gasteiger partial charge in [0.25, 0.3) is 0 Å². The first-order valence-corrected chi connectivity index (χ1v) is 5.26. The van der Waals surface area contributed by atoms with Crippen molar-refractivity contribution in [3.05, 3.63) is 39.5 Å². The largest absolute Gasteiger partial charge is 0.623 e. The summed E-state index contributed by atoms with van der Waals surface area (Å²) in [6.07, 6.45) is 1.60. The zero-order valence-corrected chi connectivity index (χ0v) is 10.2. The molecule has 0 N–H and O–H groups in total. The van der Waals surface area contributed by atoms with Crippen LogP contribution in [0.2, 0.25) is 0 Å². The van der Waals surface area contributed by atoms with E-state index in [1.165, 1.54) is 0 Å². The summed E-state index contributed by atoms with van der Waals surface area (Å²) in [5.41, 5.74) is 0.533. The molecule has 0 saturated heterocycles. The predicted molar refractivity (Wildman–Crippen MR) is 62.7 cm³/mol. The van der Waals surface area contributed by atoms with Crippen LogP contribution in [0, 0.1) is 5.21 Å². The average Bonchev–Trinajstić information content (AvgIpc) is 2.07. The van der Waals surface area contributed by atoms with Crippen molar-refractivity contribution < 1.29 is 4.74 Å². The fourth-order valence-corrected chi connectivity index (χ4v) is 1.14. The van der Waals surface area contributed by atoms with Crippen LogP contribution < -0.4 is 0 Å². The highest BCUT2D eigenvalue weighted by molar-refractivity contribution is 9.10. The molecule has 1 aromatic carbocycles. The molecule has 1 aromatic rings. The van der Waals surface area contributed by atoms with Gasteiger partial charge < -0.3 is 5.21 Å². The van der Waals surface area contributed by atoms with Crippen molar-refractivity contribution in [2.24, 2.45) is 0 Å². The van der Waals surface area contributed by atoms with Gasteiger partial charge in [0.2, 0.25) is 0 Å². The van der Waals surface area contributed by atoms with Gasteiger partial charge in [0.1, 0.15) is 0 Å². The van der Waals surface area contributed by atoms with Gasteiger partial charge in [-0.1, -0.05) is 15.9 Å². The minimum atomic E-state index is -0.382. The van der Waals surface area contributed by atoms with E-state index in [0.29, 0.717) is 0 Å². The Morgan fingerprint density at radius 2 is 1.71 bits per heavy atom. The lowest BCUT2D eigenvalue weighted by molar-refractivity contribution is -0.530. The summed E-state index contributed by atoms with van der Waals surface area (Å²) in [6.45, 7) is 5.65. The molecule has 0 aliphatic rings. The molecule has 0 unspecified atom stereocenters. The lowest BCUT2D eigenvalue weighted by Crippen LogP contribution is -2.29. The molecular formula is C11H14BrNO. The third kappa shape index (κ3) is 3.14. The molecule has 14 heavy (non-hydrogen) atoms. The monoisotopic (exact) mass is 255 g/mol. The topological polar surface area (TPSA) is 26.1 Å². The Morgan fingerprint density at radius 3 is 2.14 bits per heavy atom. The maximum absolute atomic E-state index is 11.6. The van der Waals surface area contributed by atoms with E-state index >= 15 is 0 Å². The first-order valence-electron chi connectivity index (χ1n) is 4.46. The number of halogens is 1. The number of hydrogen-bond acceptors (Lipinski definition) is 1. The Morgan fingerprint density at radius 1 is 1.21 bits per heavy atom. The van der Waals surface area contributed by atoms with Crippen LogP contribution in [-0.2, 0) is 0 Å². The smallest absolute Gasteiger partial charge is 0.182 e. The fourth-order valence-electron chi connectivity index (χ4n) is 0.878. The second-order valence-corrected chi connectivity index (χ2v) is 5.09. The summed E-state index contributed by atoms with van der Waals surface area (Å²) in [4.78, 5) is 0. The van der Waals surface area contributed by atoms with E-state index in [1.54, 1.807) is 6.21 Å². The molecular weight excluding hydrogens is 242 g/mol. The molecule has 0 saturated carbocycles. The van der Waals surface area contributed by atoms with Gasteiger partial charge in [0.05, 0.1) is 0 Å². The Hall–Kier alpha value is -0.830. The molecule has 3 heteroatoms. The van der Waals surface area contributed by atoms with Gasteiger partial charge in [-0.15, -0.1) is 0 Å². The summed E-state index contributed by atoms with van der Waals surface area (Å²) < 4.78 is 1.99. The Labute approximate surface area is 93.0 Å². The molecule has 0 heterocycles. The van der Waals surface area contributed by atoms with Crippen LogP contribution in [-0.4, -0.2) is 16.5 Å². The maximum Gasteiger partial charge on any atom is 0.182 e. The molecule has 0 atom stereocenters. The van der Waals surface area contributed by atoms with Crippen LogP contribution in [0.5, 0.6) is 0 Å². The van der Waals surface area contributed by atoms with Crippen LogP contribution in [0.15, 0.2) is 28.7 Å². The van der Waals surface area contributed by atoms with Gasteiger partial charge in [0.15, 0.2) is 11.8 Å². The van der Waals surface area contributed by atoms with Crippen molar-refractivity contribution in [2.75, 3.05) is 0 Å². The SMILES string of the molecule is CC(C)(C)/[N+]([O-])=C\c1ccc(Br)cc1. The van der Waals surface area contributed by atoms with Gasteiger partial charge in [-0.3, -0.25) is 0 Å². The van der Waals surface area contributed by atoms with Crippen molar-refractivity contribution in [1.82, 2.24) is 0 Å². The molecule has 0 spiro atoms. The van der Waals surface area contributed by atoms with E-state index in [-0.39, 0.29) is 5.54 Å². The normalized spacial score (nSPS) is 13.0. The first kappa shape index (κ1) is 11.2. The average molecular weight is 256 g/mol. The molecule has 0 aromatic heterocycles. The molecule has 0 amide bonds. The lowest BCUT2D eigenvalue weighted by Gasteiger charge is -2.18. The molecule has 1 rings (SSSR count). The minimum absolute atomic E-state index is 0.382. The van der Waals surface area contributed by atoms with Crippen molar-refractivity contribution in [2.45, 2.75) is 26.3 Å². The quantitative estimate of drug-likeness (QED) is 0.328. The zero-order valence-electron chi connectivity index (χ0n) is 8.62. The van der Waals surface area contributed by atoms with Crippen molar-refractivity contribution in [3.63, 3.8) is 0 Å². The van der Waals surface area contributed by atoms with E-state index < -0.39 is 0 Å². The maximum atomic E-state index is 11.6.